The van der Waals surface area contributed by atoms with E-state index in [0.717, 1.165) is 69.8 Å². The number of benzene rings is 3. The number of hydrogen-bond acceptors (Lipinski definition) is 7. The highest BCUT2D eigenvalue weighted by Crippen LogP contribution is 2.57. The number of ether oxygens (including phenoxy) is 2. The summed E-state index contributed by atoms with van der Waals surface area (Å²) in [5.41, 5.74) is 1.32. The van der Waals surface area contributed by atoms with E-state index < -0.39 is 12.5 Å². The van der Waals surface area contributed by atoms with Crippen molar-refractivity contribution >= 4 is 34.5 Å². The molecule has 0 atom stereocenters. The highest BCUT2D eigenvalue weighted by molar-refractivity contribution is 9.10. The van der Waals surface area contributed by atoms with Gasteiger partial charge in [0.05, 0.1) is 35.1 Å². The fourth-order valence-corrected chi connectivity index (χ4v) is 8.61. The van der Waals surface area contributed by atoms with Crippen LogP contribution in [0.2, 0.25) is 0 Å². The topological polar surface area (TPSA) is 97.1 Å². The quantitative estimate of drug-likeness (QED) is 0.115. The second-order valence-electron chi connectivity index (χ2n) is 10.9. The van der Waals surface area contributed by atoms with Crippen LogP contribution in [0.4, 0.5) is 5.69 Å². The van der Waals surface area contributed by atoms with Crippen LogP contribution in [0.5, 0.6) is 11.5 Å². The zero-order valence-corrected chi connectivity index (χ0v) is 26.3. The van der Waals surface area contributed by atoms with Gasteiger partial charge in [-0.1, -0.05) is 74.9 Å². The molecule has 5 rings (SSSR count). The molecular weight excluding hydrogens is 621 g/mol. The van der Waals surface area contributed by atoms with Crippen molar-refractivity contribution in [1.29, 1.82) is 0 Å². The predicted molar refractivity (Wildman–Crippen MR) is 167 cm³/mol. The van der Waals surface area contributed by atoms with Crippen LogP contribution in [0.25, 0.3) is 11.1 Å². The van der Waals surface area contributed by atoms with Crippen molar-refractivity contribution in [3.05, 3.63) is 80.8 Å². The van der Waals surface area contributed by atoms with E-state index in [-0.39, 0.29) is 35.4 Å². The monoisotopic (exact) mass is 657 g/mol. The standard InChI is InChI=1S/C32H37BrNO7P/c1-38-26-20-29(39-22-23-12-5-2-6-13-23)32(31-27(33)18-11-19-28(31)34(35)36)30(21-26)42(37,40-24-14-7-3-8-15-24)41-25-16-9-4-10-17-25/h2,5-6,11-13,18-21,24-25H,3-4,7-10,14-17,22H2,1H3. The van der Waals surface area contributed by atoms with Crippen molar-refractivity contribution in [2.45, 2.75) is 83.0 Å². The number of nitro benzene ring substituents is 1. The van der Waals surface area contributed by atoms with E-state index in [1.807, 2.05) is 30.3 Å². The Labute approximate surface area is 255 Å². The summed E-state index contributed by atoms with van der Waals surface area (Å²) in [7, 11) is -2.52. The summed E-state index contributed by atoms with van der Waals surface area (Å²) in [6.07, 6.45) is 8.81. The zero-order valence-electron chi connectivity index (χ0n) is 23.8. The van der Waals surface area contributed by atoms with E-state index >= 15 is 4.57 Å². The largest absolute Gasteiger partial charge is 0.497 e. The molecule has 2 saturated carbocycles. The van der Waals surface area contributed by atoms with Crippen LogP contribution < -0.4 is 14.8 Å². The maximum atomic E-state index is 15.3. The number of halogens is 1. The molecule has 42 heavy (non-hydrogen) atoms. The Balaban J connectivity index is 1.72. The van der Waals surface area contributed by atoms with Crippen molar-refractivity contribution in [3.63, 3.8) is 0 Å². The molecule has 0 N–H and O–H groups in total. The van der Waals surface area contributed by atoms with Gasteiger partial charge in [0.15, 0.2) is 0 Å². The average molecular weight is 659 g/mol. The third-order valence-corrected chi connectivity index (χ3v) is 10.7. The van der Waals surface area contributed by atoms with Gasteiger partial charge in [-0.05, 0) is 59.3 Å². The Kier molecular flexibility index (Phi) is 10.4. The van der Waals surface area contributed by atoms with Crippen molar-refractivity contribution in [3.8, 4) is 22.6 Å². The molecule has 0 radical (unpaired) electrons. The van der Waals surface area contributed by atoms with Crippen LogP contribution in [0.1, 0.15) is 69.8 Å². The molecule has 2 aliphatic carbocycles. The lowest BCUT2D eigenvalue weighted by molar-refractivity contribution is -0.384. The Morgan fingerprint density at radius 2 is 1.48 bits per heavy atom. The van der Waals surface area contributed by atoms with Gasteiger partial charge >= 0.3 is 7.60 Å². The van der Waals surface area contributed by atoms with Crippen LogP contribution in [-0.2, 0) is 20.2 Å². The molecule has 0 aliphatic heterocycles. The van der Waals surface area contributed by atoms with Crippen molar-refractivity contribution < 1.29 is 28.0 Å². The van der Waals surface area contributed by atoms with E-state index in [4.69, 9.17) is 18.5 Å². The number of hydrogen-bond donors (Lipinski definition) is 0. The molecule has 0 bridgehead atoms. The molecule has 3 aromatic rings. The zero-order chi connectivity index (χ0) is 29.5. The van der Waals surface area contributed by atoms with Gasteiger partial charge in [-0.2, -0.15) is 0 Å². The molecule has 0 saturated heterocycles. The third-order valence-electron chi connectivity index (χ3n) is 7.94. The molecule has 10 heteroatoms. The van der Waals surface area contributed by atoms with Gasteiger partial charge < -0.3 is 18.5 Å². The first-order valence-electron chi connectivity index (χ1n) is 14.7. The molecule has 224 valence electrons. The summed E-state index contributed by atoms with van der Waals surface area (Å²) in [6.45, 7) is 0.190. The molecule has 0 unspecified atom stereocenters. The van der Waals surface area contributed by atoms with Gasteiger partial charge in [-0.3, -0.25) is 14.7 Å². The number of nitro groups is 1. The van der Waals surface area contributed by atoms with E-state index in [9.17, 15) is 10.1 Å². The van der Waals surface area contributed by atoms with Gasteiger partial charge in [-0.25, -0.2) is 0 Å². The Morgan fingerprint density at radius 1 is 0.857 bits per heavy atom. The van der Waals surface area contributed by atoms with E-state index in [1.54, 1.807) is 24.3 Å². The van der Waals surface area contributed by atoms with Crippen molar-refractivity contribution in [2.24, 2.45) is 0 Å². The normalized spacial score (nSPS) is 16.7. The summed E-state index contributed by atoms with van der Waals surface area (Å²) in [6, 6.07) is 17.7. The SMILES string of the molecule is COc1cc(OCc2ccccc2)c(-c2c(Br)cccc2[N+](=O)[O-])c(P(=O)(OC2CCCCC2)OC2CCCCC2)c1. The number of methoxy groups -OCH3 is 1. The lowest BCUT2D eigenvalue weighted by Gasteiger charge is -2.32. The molecule has 3 aromatic carbocycles. The molecule has 0 amide bonds. The molecule has 0 spiro atoms. The summed E-state index contributed by atoms with van der Waals surface area (Å²) in [5.74, 6) is 0.689. The lowest BCUT2D eigenvalue weighted by atomic mass is 9.98. The molecular formula is C32H37BrNO7P. The van der Waals surface area contributed by atoms with E-state index in [2.05, 4.69) is 15.9 Å². The Hall–Kier alpha value is -2.71. The maximum Gasteiger partial charge on any atom is 0.362 e. The third kappa shape index (κ3) is 7.25. The molecule has 0 heterocycles. The smallest absolute Gasteiger partial charge is 0.362 e. The molecule has 0 aromatic heterocycles. The second-order valence-corrected chi connectivity index (χ2v) is 13.7. The molecule has 8 nitrogen and oxygen atoms in total. The predicted octanol–water partition coefficient (Wildman–Crippen LogP) is 9.13. The van der Waals surface area contributed by atoms with Crippen molar-refractivity contribution in [1.82, 2.24) is 0 Å². The van der Waals surface area contributed by atoms with Crippen LogP contribution >= 0.6 is 23.5 Å². The number of nitrogens with zero attached hydrogens (tertiary/aromatic N) is 1. The minimum Gasteiger partial charge on any atom is -0.497 e. The first-order valence-corrected chi connectivity index (χ1v) is 17.0. The average Bonchev–Trinajstić information content (AvgIpc) is 3.01. The fraction of sp³-hybridized carbons (Fsp3) is 0.438. The van der Waals surface area contributed by atoms with Gasteiger partial charge in [0.1, 0.15) is 18.1 Å². The van der Waals surface area contributed by atoms with Crippen LogP contribution in [0, 0.1) is 10.1 Å². The fourth-order valence-electron chi connectivity index (χ4n) is 5.79. The summed E-state index contributed by atoms with van der Waals surface area (Å²) in [5, 5.41) is 12.6. The van der Waals surface area contributed by atoms with Crippen LogP contribution in [-0.4, -0.2) is 24.2 Å². The summed E-state index contributed by atoms with van der Waals surface area (Å²) < 4.78 is 40.8. The molecule has 2 fully saturated rings. The minimum atomic E-state index is -4.05. The van der Waals surface area contributed by atoms with Gasteiger partial charge in [0, 0.05) is 22.2 Å². The first kappa shape index (κ1) is 30.7. The van der Waals surface area contributed by atoms with Gasteiger partial charge in [-0.15, -0.1) is 0 Å². The van der Waals surface area contributed by atoms with Gasteiger partial charge in [0.2, 0.25) is 0 Å². The lowest BCUT2D eigenvalue weighted by Crippen LogP contribution is -2.26. The molecule has 2 aliphatic rings. The van der Waals surface area contributed by atoms with Crippen molar-refractivity contribution in [2.75, 3.05) is 7.11 Å². The van der Waals surface area contributed by atoms with Crippen LogP contribution in [0.15, 0.2) is 65.1 Å². The first-order chi connectivity index (χ1) is 20.4. The highest BCUT2D eigenvalue weighted by Gasteiger charge is 2.41. The second kappa shape index (κ2) is 14.2. The van der Waals surface area contributed by atoms with E-state index in [0.29, 0.717) is 21.5 Å². The Bertz CT molecular complexity index is 1400. The summed E-state index contributed by atoms with van der Waals surface area (Å²) in [4.78, 5) is 11.9. The maximum absolute atomic E-state index is 15.3. The minimum absolute atomic E-state index is 0.151. The Morgan fingerprint density at radius 3 is 2.05 bits per heavy atom. The highest BCUT2D eigenvalue weighted by atomic mass is 79.9. The summed E-state index contributed by atoms with van der Waals surface area (Å²) >= 11 is 3.55. The van der Waals surface area contributed by atoms with Crippen LogP contribution in [0.3, 0.4) is 0 Å². The van der Waals surface area contributed by atoms with E-state index in [1.165, 1.54) is 13.2 Å². The number of rotatable bonds is 11. The van der Waals surface area contributed by atoms with Gasteiger partial charge in [0.25, 0.3) is 5.69 Å².